The van der Waals surface area contributed by atoms with Crippen molar-refractivity contribution >= 4 is 17.6 Å². The molecule has 0 aromatic heterocycles. The third kappa shape index (κ3) is 5.17. The third-order valence-electron chi connectivity index (χ3n) is 5.31. The molecule has 0 radical (unpaired) electrons. The van der Waals surface area contributed by atoms with E-state index < -0.39 is 5.97 Å². The molecule has 0 spiro atoms. The number of ether oxygens (including phenoxy) is 2. The first-order valence-corrected chi connectivity index (χ1v) is 10.3. The van der Waals surface area contributed by atoms with Crippen LogP contribution >= 0.6 is 0 Å². The quantitative estimate of drug-likeness (QED) is 0.667. The minimum atomic E-state index is -1.15. The second-order valence-corrected chi connectivity index (χ2v) is 7.29. The molecule has 3 rings (SSSR count). The van der Waals surface area contributed by atoms with Crippen molar-refractivity contribution in [1.29, 1.82) is 0 Å². The first-order valence-electron chi connectivity index (χ1n) is 10.3. The van der Waals surface area contributed by atoms with Gasteiger partial charge in [-0.15, -0.1) is 0 Å². The van der Waals surface area contributed by atoms with Crippen LogP contribution in [0.3, 0.4) is 0 Å². The van der Waals surface area contributed by atoms with Crippen LogP contribution in [0.1, 0.15) is 48.9 Å². The van der Waals surface area contributed by atoms with E-state index in [1.54, 1.807) is 19.2 Å². The summed E-state index contributed by atoms with van der Waals surface area (Å²) < 4.78 is 10.7. The Kier molecular flexibility index (Phi) is 7.18. The van der Waals surface area contributed by atoms with Crippen molar-refractivity contribution < 1.29 is 24.2 Å². The highest BCUT2D eigenvalue weighted by atomic mass is 16.5. The van der Waals surface area contributed by atoms with Crippen LogP contribution < -0.4 is 20.0 Å². The fraction of sp³-hybridized carbons (Fsp3) is 0.333. The van der Waals surface area contributed by atoms with Crippen LogP contribution in [-0.2, 0) is 16.0 Å². The highest BCUT2D eigenvalue weighted by molar-refractivity contribution is 5.81. The van der Waals surface area contributed by atoms with Crippen LogP contribution in [0.15, 0.2) is 48.5 Å². The fourth-order valence-corrected chi connectivity index (χ4v) is 3.55. The van der Waals surface area contributed by atoms with Gasteiger partial charge in [0, 0.05) is 18.0 Å². The summed E-state index contributed by atoms with van der Waals surface area (Å²) in [5, 5.41) is 12.3. The molecule has 1 atom stereocenters. The number of hydrogen-bond acceptors (Lipinski definition) is 6. The van der Waals surface area contributed by atoms with Crippen LogP contribution in [-0.4, -0.2) is 31.1 Å². The van der Waals surface area contributed by atoms with Gasteiger partial charge in [0.25, 0.3) is 0 Å². The highest BCUT2D eigenvalue weighted by Crippen LogP contribution is 2.35. The fourth-order valence-electron chi connectivity index (χ4n) is 3.55. The number of aliphatic carboxylic acids is 1. The molecule has 1 N–H and O–H groups in total. The minimum absolute atomic E-state index is 0.109. The second-order valence-electron chi connectivity index (χ2n) is 7.29. The van der Waals surface area contributed by atoms with Crippen molar-refractivity contribution in [2.45, 2.75) is 38.6 Å². The Labute approximate surface area is 182 Å². The predicted octanol–water partition coefficient (Wildman–Crippen LogP) is 2.62. The molecule has 0 aliphatic carbocycles. The van der Waals surface area contributed by atoms with Crippen molar-refractivity contribution in [2.24, 2.45) is 0 Å². The van der Waals surface area contributed by atoms with Gasteiger partial charge in [-0.05, 0) is 54.7 Å². The molecule has 31 heavy (non-hydrogen) atoms. The predicted molar refractivity (Wildman–Crippen MR) is 115 cm³/mol. The Morgan fingerprint density at radius 2 is 1.74 bits per heavy atom. The molecular formula is C24H27N2O5-. The van der Waals surface area contributed by atoms with Crippen LogP contribution in [0.4, 0.5) is 0 Å². The van der Waals surface area contributed by atoms with Crippen molar-refractivity contribution in [3.05, 3.63) is 65.2 Å². The van der Waals surface area contributed by atoms with Crippen LogP contribution in [0.2, 0.25) is 0 Å². The van der Waals surface area contributed by atoms with Gasteiger partial charge in [-0.3, -0.25) is 10.2 Å². The zero-order chi connectivity index (χ0) is 22.4. The number of carboxylic acid groups (broad SMARTS) is 1. The maximum Gasteiger partial charge on any atom is 0.241 e. The number of aryl methyl sites for hydroxylation is 1. The lowest BCUT2D eigenvalue weighted by molar-refractivity contribution is -0.305. The molecule has 0 saturated heterocycles. The van der Waals surface area contributed by atoms with Crippen LogP contribution in [0.5, 0.6) is 11.5 Å². The minimum Gasteiger partial charge on any atom is -0.550 e. The van der Waals surface area contributed by atoms with Crippen molar-refractivity contribution in [3.63, 3.8) is 0 Å². The number of benzene rings is 2. The van der Waals surface area contributed by atoms with E-state index in [4.69, 9.17) is 9.47 Å². The number of methoxy groups -OCH3 is 2. The van der Waals surface area contributed by atoms with Gasteiger partial charge >= 0.3 is 0 Å². The van der Waals surface area contributed by atoms with Gasteiger partial charge in [-0.1, -0.05) is 31.2 Å². The van der Waals surface area contributed by atoms with Crippen molar-refractivity contribution in [1.82, 2.24) is 10.4 Å². The number of amides is 1. The number of nitrogens with one attached hydrogen (secondary N) is 1. The van der Waals surface area contributed by atoms with E-state index in [-0.39, 0.29) is 31.2 Å². The summed E-state index contributed by atoms with van der Waals surface area (Å²) in [6, 6.07) is 13.4. The normalized spacial score (nSPS) is 15.3. The molecule has 7 heteroatoms. The molecule has 2 aromatic rings. The number of carbonyl (C=O) groups is 2. The van der Waals surface area contributed by atoms with E-state index in [9.17, 15) is 14.7 Å². The van der Waals surface area contributed by atoms with Crippen LogP contribution in [0, 0.1) is 0 Å². The van der Waals surface area contributed by atoms with E-state index >= 15 is 0 Å². The van der Waals surface area contributed by atoms with Crippen molar-refractivity contribution in [3.8, 4) is 11.5 Å². The Bertz CT molecular complexity index is 968. The Hall–Kier alpha value is -3.48. The Morgan fingerprint density at radius 1 is 1.03 bits per heavy atom. The first-order chi connectivity index (χ1) is 15.0. The lowest BCUT2D eigenvalue weighted by Crippen LogP contribution is -2.39. The molecule has 1 amide bonds. The Balaban J connectivity index is 1.90. The molecule has 1 heterocycles. The molecular weight excluding hydrogens is 396 g/mol. The standard InChI is InChI=1S/C24H28N2O5/c1-4-16-8-10-17(11-9-16)20-15-19(18-12-13-21(30-2)22(14-18)31-3)25-26(20)23(27)6-5-7-24(28)29/h8-15,20,25H,4-7H2,1-3H3,(H,28,29)/p-1/t20-/m0/s1. The number of carboxylic acids is 1. The molecule has 1 aliphatic heterocycles. The maximum absolute atomic E-state index is 12.9. The van der Waals surface area contributed by atoms with Gasteiger partial charge in [0.2, 0.25) is 5.91 Å². The largest absolute Gasteiger partial charge is 0.550 e. The van der Waals surface area contributed by atoms with E-state index in [1.165, 1.54) is 5.56 Å². The summed E-state index contributed by atoms with van der Waals surface area (Å²) in [5.74, 6) is -0.132. The number of hydrazine groups is 1. The van der Waals surface area contributed by atoms with Gasteiger partial charge in [0.1, 0.15) is 0 Å². The van der Waals surface area contributed by atoms with E-state index in [0.717, 1.165) is 23.2 Å². The summed E-state index contributed by atoms with van der Waals surface area (Å²) in [6.07, 6.45) is 3.11. The molecule has 0 bridgehead atoms. The zero-order valence-electron chi connectivity index (χ0n) is 18.0. The molecule has 0 fully saturated rings. The van der Waals surface area contributed by atoms with Gasteiger partial charge in [0.05, 0.1) is 26.0 Å². The topological polar surface area (TPSA) is 90.9 Å². The summed E-state index contributed by atoms with van der Waals surface area (Å²) >= 11 is 0. The van der Waals surface area contributed by atoms with Gasteiger partial charge in [-0.25, -0.2) is 5.01 Å². The summed E-state index contributed by atoms with van der Waals surface area (Å²) in [4.78, 5) is 23.6. The third-order valence-corrected chi connectivity index (χ3v) is 5.31. The number of hydrogen-bond donors (Lipinski definition) is 1. The smallest absolute Gasteiger partial charge is 0.241 e. The van der Waals surface area contributed by atoms with Crippen LogP contribution in [0.25, 0.3) is 5.70 Å². The lowest BCUT2D eigenvalue weighted by atomic mass is 10.0. The molecule has 0 unspecified atom stereocenters. The number of carbonyl (C=O) groups excluding carboxylic acids is 2. The second kappa shape index (κ2) is 10.0. The monoisotopic (exact) mass is 423 g/mol. The van der Waals surface area contributed by atoms with E-state index in [1.807, 2.05) is 36.4 Å². The molecule has 7 nitrogen and oxygen atoms in total. The molecule has 1 aliphatic rings. The molecule has 164 valence electrons. The molecule has 2 aromatic carbocycles. The summed E-state index contributed by atoms with van der Waals surface area (Å²) in [5.41, 5.74) is 6.98. The lowest BCUT2D eigenvalue weighted by Gasteiger charge is -2.26. The molecule has 0 saturated carbocycles. The zero-order valence-corrected chi connectivity index (χ0v) is 18.0. The maximum atomic E-state index is 12.9. The van der Waals surface area contributed by atoms with Gasteiger partial charge < -0.3 is 19.4 Å². The van der Waals surface area contributed by atoms with E-state index in [2.05, 4.69) is 24.5 Å². The van der Waals surface area contributed by atoms with Gasteiger partial charge in [0.15, 0.2) is 11.5 Å². The first kappa shape index (κ1) is 22.2. The Morgan fingerprint density at radius 3 is 2.35 bits per heavy atom. The SMILES string of the molecule is CCc1ccc([C@@H]2C=C(c3ccc(OC)c(OC)c3)NN2C(=O)CCCC(=O)[O-])cc1. The number of rotatable bonds is 9. The summed E-state index contributed by atoms with van der Waals surface area (Å²) in [7, 11) is 3.15. The summed E-state index contributed by atoms with van der Waals surface area (Å²) in [6.45, 7) is 2.09. The van der Waals surface area contributed by atoms with Crippen molar-refractivity contribution in [2.75, 3.05) is 14.2 Å². The highest BCUT2D eigenvalue weighted by Gasteiger charge is 2.30. The van der Waals surface area contributed by atoms with E-state index in [0.29, 0.717) is 11.5 Å². The average molecular weight is 423 g/mol. The number of nitrogens with zero attached hydrogens (tertiary/aromatic N) is 1. The average Bonchev–Trinajstić information content (AvgIpc) is 3.24. The van der Waals surface area contributed by atoms with Gasteiger partial charge in [-0.2, -0.15) is 0 Å².